The summed E-state index contributed by atoms with van der Waals surface area (Å²) in [5.74, 6) is -0.160. The predicted molar refractivity (Wildman–Crippen MR) is 98.2 cm³/mol. The molecular formula is C19H17N3O4. The molecule has 0 bridgehead atoms. The Labute approximate surface area is 149 Å². The van der Waals surface area contributed by atoms with Crippen molar-refractivity contribution in [1.29, 1.82) is 0 Å². The summed E-state index contributed by atoms with van der Waals surface area (Å²) >= 11 is 0. The second kappa shape index (κ2) is 7.10. The number of rotatable bonds is 4. The van der Waals surface area contributed by atoms with Crippen molar-refractivity contribution in [3.63, 3.8) is 0 Å². The van der Waals surface area contributed by atoms with Gasteiger partial charge in [-0.1, -0.05) is 6.07 Å². The van der Waals surface area contributed by atoms with Gasteiger partial charge < -0.3 is 19.6 Å². The molecule has 2 heterocycles. The average Bonchev–Trinajstić information content (AvgIpc) is 3.15. The predicted octanol–water partition coefficient (Wildman–Crippen LogP) is 2.87. The first-order chi connectivity index (χ1) is 12.5. The molecule has 2 aromatic heterocycles. The van der Waals surface area contributed by atoms with Crippen LogP contribution in [0, 0.1) is 0 Å². The van der Waals surface area contributed by atoms with Crippen LogP contribution in [0.25, 0.3) is 11.5 Å². The molecule has 0 spiro atoms. The molecule has 0 fully saturated rings. The number of hydrogen-bond acceptors (Lipinski definition) is 4. The van der Waals surface area contributed by atoms with Crippen molar-refractivity contribution >= 4 is 23.2 Å². The molecule has 0 saturated carbocycles. The van der Waals surface area contributed by atoms with Gasteiger partial charge in [0.15, 0.2) is 0 Å². The van der Waals surface area contributed by atoms with E-state index in [9.17, 15) is 14.4 Å². The average molecular weight is 351 g/mol. The van der Waals surface area contributed by atoms with E-state index in [0.29, 0.717) is 22.8 Å². The van der Waals surface area contributed by atoms with Gasteiger partial charge in [0.05, 0.1) is 12.0 Å². The van der Waals surface area contributed by atoms with Gasteiger partial charge in [-0.05, 0) is 42.5 Å². The summed E-state index contributed by atoms with van der Waals surface area (Å²) in [7, 11) is 1.64. The third-order valence-corrected chi connectivity index (χ3v) is 3.90. The SMILES string of the molecule is CC(=O)N(C)c1cccc(NC(=O)c2ccc(-c3ccco3)[nH]c2=O)c1. The number of H-pyrrole nitrogens is 1. The van der Waals surface area contributed by atoms with E-state index in [1.54, 1.807) is 49.5 Å². The number of pyridine rings is 1. The first-order valence-corrected chi connectivity index (χ1v) is 7.88. The highest BCUT2D eigenvalue weighted by Gasteiger charge is 2.13. The second-order valence-corrected chi connectivity index (χ2v) is 5.67. The van der Waals surface area contributed by atoms with E-state index in [4.69, 9.17) is 4.42 Å². The van der Waals surface area contributed by atoms with Gasteiger partial charge in [-0.25, -0.2) is 0 Å². The number of anilines is 2. The highest BCUT2D eigenvalue weighted by Crippen LogP contribution is 2.19. The number of hydrogen-bond donors (Lipinski definition) is 2. The highest BCUT2D eigenvalue weighted by molar-refractivity contribution is 6.04. The van der Waals surface area contributed by atoms with E-state index in [0.717, 1.165) is 0 Å². The maximum Gasteiger partial charge on any atom is 0.261 e. The van der Waals surface area contributed by atoms with Gasteiger partial charge in [-0.2, -0.15) is 0 Å². The zero-order valence-electron chi connectivity index (χ0n) is 14.3. The Morgan fingerprint density at radius 2 is 1.92 bits per heavy atom. The Balaban J connectivity index is 1.81. The Morgan fingerprint density at radius 1 is 1.12 bits per heavy atom. The normalized spacial score (nSPS) is 10.4. The number of carbonyl (C=O) groups is 2. The molecule has 2 amide bonds. The van der Waals surface area contributed by atoms with Crippen LogP contribution in [0.5, 0.6) is 0 Å². The van der Waals surface area contributed by atoms with E-state index in [-0.39, 0.29) is 11.5 Å². The summed E-state index contributed by atoms with van der Waals surface area (Å²) in [6.07, 6.45) is 1.50. The third kappa shape index (κ3) is 3.56. The summed E-state index contributed by atoms with van der Waals surface area (Å²) in [6, 6.07) is 13.3. The Morgan fingerprint density at radius 3 is 2.58 bits per heavy atom. The lowest BCUT2D eigenvalue weighted by Gasteiger charge is -2.16. The zero-order valence-corrected chi connectivity index (χ0v) is 14.3. The summed E-state index contributed by atoms with van der Waals surface area (Å²) in [5, 5.41) is 2.67. The molecule has 132 valence electrons. The summed E-state index contributed by atoms with van der Waals surface area (Å²) in [5.41, 5.74) is 1.06. The molecule has 2 N–H and O–H groups in total. The fourth-order valence-electron chi connectivity index (χ4n) is 2.40. The van der Waals surface area contributed by atoms with Gasteiger partial charge in [0.1, 0.15) is 11.3 Å². The second-order valence-electron chi connectivity index (χ2n) is 5.67. The first kappa shape index (κ1) is 17.2. The van der Waals surface area contributed by atoms with E-state index in [2.05, 4.69) is 10.3 Å². The number of carbonyl (C=O) groups excluding carboxylic acids is 2. The minimum atomic E-state index is -0.542. The fraction of sp³-hybridized carbons (Fsp3) is 0.105. The van der Waals surface area contributed by atoms with Gasteiger partial charge in [0.25, 0.3) is 11.5 Å². The van der Waals surface area contributed by atoms with Crippen LogP contribution in [0.1, 0.15) is 17.3 Å². The topological polar surface area (TPSA) is 95.4 Å². The molecule has 0 aliphatic heterocycles. The molecule has 1 aromatic carbocycles. The van der Waals surface area contributed by atoms with Gasteiger partial charge in [0, 0.05) is 25.3 Å². The Bertz CT molecular complexity index is 1010. The highest BCUT2D eigenvalue weighted by atomic mass is 16.3. The lowest BCUT2D eigenvalue weighted by molar-refractivity contribution is -0.116. The van der Waals surface area contributed by atoms with Crippen LogP contribution in [0.3, 0.4) is 0 Å². The maximum absolute atomic E-state index is 12.4. The minimum absolute atomic E-state index is 0.0226. The molecule has 0 unspecified atom stereocenters. The van der Waals surface area contributed by atoms with Crippen molar-refractivity contribution in [3.8, 4) is 11.5 Å². The molecule has 26 heavy (non-hydrogen) atoms. The van der Waals surface area contributed by atoms with Gasteiger partial charge in [-0.3, -0.25) is 14.4 Å². The van der Waals surface area contributed by atoms with Crippen LogP contribution in [0.4, 0.5) is 11.4 Å². The molecule has 3 rings (SSSR count). The fourth-order valence-corrected chi connectivity index (χ4v) is 2.40. The minimum Gasteiger partial charge on any atom is -0.463 e. The first-order valence-electron chi connectivity index (χ1n) is 7.88. The number of furan rings is 1. The molecule has 0 radical (unpaired) electrons. The van der Waals surface area contributed by atoms with E-state index in [1.807, 2.05) is 0 Å². The summed E-state index contributed by atoms with van der Waals surface area (Å²) in [4.78, 5) is 40.2. The molecule has 0 aliphatic rings. The molecule has 7 nitrogen and oxygen atoms in total. The lowest BCUT2D eigenvalue weighted by atomic mass is 10.2. The van der Waals surface area contributed by atoms with Crippen LogP contribution in [-0.4, -0.2) is 23.8 Å². The monoisotopic (exact) mass is 351 g/mol. The molecule has 0 aliphatic carbocycles. The zero-order chi connectivity index (χ0) is 18.7. The number of benzene rings is 1. The maximum atomic E-state index is 12.4. The smallest absolute Gasteiger partial charge is 0.261 e. The van der Waals surface area contributed by atoms with E-state index >= 15 is 0 Å². The van der Waals surface area contributed by atoms with Crippen molar-refractivity contribution in [2.24, 2.45) is 0 Å². The Kier molecular flexibility index (Phi) is 4.70. The van der Waals surface area contributed by atoms with Gasteiger partial charge in [0.2, 0.25) is 5.91 Å². The van der Waals surface area contributed by atoms with Crippen molar-refractivity contribution in [3.05, 3.63) is 70.7 Å². The van der Waals surface area contributed by atoms with Crippen LogP contribution < -0.4 is 15.8 Å². The largest absolute Gasteiger partial charge is 0.463 e. The van der Waals surface area contributed by atoms with Crippen molar-refractivity contribution < 1.29 is 14.0 Å². The van der Waals surface area contributed by atoms with E-state index < -0.39 is 11.5 Å². The van der Waals surface area contributed by atoms with Gasteiger partial charge in [-0.15, -0.1) is 0 Å². The number of amides is 2. The van der Waals surface area contributed by atoms with Crippen LogP contribution in [0.15, 0.2) is 64.0 Å². The van der Waals surface area contributed by atoms with Crippen molar-refractivity contribution in [2.75, 3.05) is 17.3 Å². The number of nitrogens with one attached hydrogen (secondary N) is 2. The molecular weight excluding hydrogens is 334 g/mol. The summed E-state index contributed by atoms with van der Waals surface area (Å²) in [6.45, 7) is 1.45. The standard InChI is InChI=1S/C19H17N3O4/c1-12(23)22(2)14-6-3-5-13(11-14)20-18(24)15-8-9-16(21-19(15)25)17-7-4-10-26-17/h3-11H,1-2H3,(H,20,24)(H,21,25). The van der Waals surface area contributed by atoms with Crippen LogP contribution in [-0.2, 0) is 4.79 Å². The lowest BCUT2D eigenvalue weighted by Crippen LogP contribution is -2.24. The quantitative estimate of drug-likeness (QED) is 0.755. The van der Waals surface area contributed by atoms with E-state index in [1.165, 1.54) is 24.2 Å². The van der Waals surface area contributed by atoms with Crippen LogP contribution in [0.2, 0.25) is 0 Å². The van der Waals surface area contributed by atoms with Crippen LogP contribution >= 0.6 is 0 Å². The summed E-state index contributed by atoms with van der Waals surface area (Å²) < 4.78 is 5.22. The number of aromatic nitrogens is 1. The number of nitrogens with zero attached hydrogens (tertiary/aromatic N) is 1. The molecule has 7 heteroatoms. The molecule has 0 atom stereocenters. The molecule has 0 saturated heterocycles. The van der Waals surface area contributed by atoms with Gasteiger partial charge >= 0.3 is 0 Å². The number of aromatic amines is 1. The van der Waals surface area contributed by atoms with Crippen molar-refractivity contribution in [2.45, 2.75) is 6.92 Å². The molecule has 3 aromatic rings. The third-order valence-electron chi connectivity index (χ3n) is 3.90. The van der Waals surface area contributed by atoms with Crippen molar-refractivity contribution in [1.82, 2.24) is 4.98 Å². The Hall–Kier alpha value is -3.61.